The molecule has 0 bridgehead atoms. The van der Waals surface area contributed by atoms with Crippen molar-refractivity contribution in [3.8, 4) is 0 Å². The van der Waals surface area contributed by atoms with Gasteiger partial charge in [-0.3, -0.25) is 0 Å². The van der Waals surface area contributed by atoms with Crippen LogP contribution in [0.2, 0.25) is 118 Å². The fourth-order valence-electron chi connectivity index (χ4n) is 11.9. The van der Waals surface area contributed by atoms with Crippen LogP contribution in [0.3, 0.4) is 0 Å². The number of halogens is 20. The molecule has 0 atom stereocenters. The van der Waals surface area contributed by atoms with Gasteiger partial charge in [-0.25, -0.2) is 87.8 Å². The van der Waals surface area contributed by atoms with Gasteiger partial charge in [0.15, 0.2) is 69.8 Å². The van der Waals surface area contributed by atoms with Gasteiger partial charge in [-0.1, -0.05) is 170 Å². The summed E-state index contributed by atoms with van der Waals surface area (Å²) in [6.45, 7) is 46.7. The van der Waals surface area contributed by atoms with E-state index < -0.39 is 201 Å². The summed E-state index contributed by atoms with van der Waals surface area (Å²) in [5.74, 6) is -71.4. The lowest BCUT2D eigenvalue weighted by Gasteiger charge is -2.44. The average Bonchev–Trinajstić information content (AvgIpc) is 0.770. The molecule has 0 saturated heterocycles. The van der Waals surface area contributed by atoms with E-state index >= 15 is 35.1 Å². The van der Waals surface area contributed by atoms with Gasteiger partial charge in [-0.15, -0.1) is 21.9 Å². The molecule has 0 aliphatic rings. The molecular weight excluding hydrogens is 1310 g/mol. The van der Waals surface area contributed by atoms with Crippen LogP contribution in [-0.4, -0.2) is 54.6 Å². The van der Waals surface area contributed by atoms with Crippen LogP contribution in [0, 0.1) is 116 Å². The van der Waals surface area contributed by atoms with Gasteiger partial charge in [0.25, 0.3) is 0 Å². The molecule has 7 rings (SSSR count). The SMILES string of the molecule is C[Si](C)(C)c1cccc([PH+](c2cccc([Si](C)(C)C)c2[Si](C)(C)C)c2cccc([Si](C)(C)C)c2[Si](C)(C)C)c1[Si](C)(C)C.Fc1c(F)c(F)c([B-](c2c(F)c(F)c(F)c(F)c2F)(c2c(F)c(F)c(F)c(F)c2F)c2c(F)c(F)c(F)c(F)c2F)c(F)c1F. The molecule has 0 saturated carbocycles. The Kier molecular flexibility index (Phi) is 20.1. The summed E-state index contributed by atoms with van der Waals surface area (Å²) < 4.78 is 294. The highest BCUT2D eigenvalue weighted by molar-refractivity contribution is 7.81. The molecule has 0 aliphatic heterocycles. The lowest BCUT2D eigenvalue weighted by atomic mass is 9.12. The number of rotatable bonds is 13. The largest absolute Gasteiger partial charge is 0.207 e. The molecule has 0 amide bonds. The van der Waals surface area contributed by atoms with Crippen molar-refractivity contribution in [3.05, 3.63) is 171 Å². The van der Waals surface area contributed by atoms with Gasteiger partial charge in [0.2, 0.25) is 0 Å². The first kappa shape index (κ1) is 72.0. The highest BCUT2D eigenvalue weighted by Crippen LogP contribution is 2.35. The van der Waals surface area contributed by atoms with E-state index in [0.29, 0.717) is 0 Å². The summed E-state index contributed by atoms with van der Waals surface area (Å²) in [7, 11) is -11.1. The maximum Gasteiger partial charge on any atom is 0.200 e. The molecular formula is C60H64BF20PSi6. The zero-order valence-corrected chi connectivity index (χ0v) is 58.3. The van der Waals surface area contributed by atoms with Crippen LogP contribution in [0.15, 0.2) is 54.6 Å². The molecule has 0 heterocycles. The van der Waals surface area contributed by atoms with Crippen LogP contribution in [0.25, 0.3) is 0 Å². The Balaban J connectivity index is 0.000000281. The third kappa shape index (κ3) is 12.3. The van der Waals surface area contributed by atoms with Gasteiger partial charge in [0.05, 0.1) is 56.4 Å². The van der Waals surface area contributed by atoms with Gasteiger partial charge >= 0.3 is 0 Å². The number of hydrogen-bond acceptors (Lipinski definition) is 0. The van der Waals surface area contributed by atoms with Crippen LogP contribution < -0.4 is 68.9 Å². The Bertz CT molecular complexity index is 3390. The maximum atomic E-state index is 15.4. The molecule has 88 heavy (non-hydrogen) atoms. The molecule has 7 aromatic carbocycles. The first-order valence-corrected chi connectivity index (χ1v) is 49.9. The molecule has 0 N–H and O–H groups in total. The summed E-state index contributed by atoms with van der Waals surface area (Å²) in [6.07, 6.45) is -7.22. The average molecular weight is 1380 g/mol. The van der Waals surface area contributed by atoms with Crippen molar-refractivity contribution in [2.45, 2.75) is 118 Å². The van der Waals surface area contributed by atoms with Crippen molar-refractivity contribution in [1.29, 1.82) is 0 Å². The molecule has 0 spiro atoms. The normalized spacial score (nSPS) is 13.0. The Morgan fingerprint density at radius 3 is 0.500 bits per heavy atom. The quantitative estimate of drug-likeness (QED) is 0.0355. The molecule has 7 aromatic rings. The van der Waals surface area contributed by atoms with Crippen LogP contribution in [0.1, 0.15) is 0 Å². The first-order chi connectivity index (χ1) is 39.9. The minimum Gasteiger partial charge on any atom is -0.207 e. The maximum absolute atomic E-state index is 15.4. The molecule has 28 heteroatoms. The zero-order valence-electron chi connectivity index (χ0n) is 51.3. The molecule has 0 fully saturated rings. The van der Waals surface area contributed by atoms with Gasteiger partial charge < -0.3 is 0 Å². The van der Waals surface area contributed by atoms with E-state index in [1.165, 1.54) is 0 Å². The van der Waals surface area contributed by atoms with Crippen molar-refractivity contribution < 1.29 is 87.8 Å². The van der Waals surface area contributed by atoms with E-state index in [0.717, 1.165) is 0 Å². The van der Waals surface area contributed by atoms with E-state index in [1.54, 1.807) is 47.0 Å². The van der Waals surface area contributed by atoms with E-state index in [9.17, 15) is 52.7 Å². The van der Waals surface area contributed by atoms with Crippen molar-refractivity contribution in [3.63, 3.8) is 0 Å². The van der Waals surface area contributed by atoms with Gasteiger partial charge in [-0.05, 0) is 33.8 Å². The van der Waals surface area contributed by atoms with E-state index in [4.69, 9.17) is 0 Å². The lowest BCUT2D eigenvalue weighted by Crippen LogP contribution is -2.81. The van der Waals surface area contributed by atoms with E-state index in [1.807, 2.05) is 0 Å². The fraction of sp³-hybridized carbons (Fsp3) is 0.300. The highest BCUT2D eigenvalue weighted by Gasteiger charge is 2.53. The summed E-state index contributed by atoms with van der Waals surface area (Å²) >= 11 is 0. The Morgan fingerprint density at radius 1 is 0.216 bits per heavy atom. The predicted molar refractivity (Wildman–Crippen MR) is 334 cm³/mol. The molecule has 0 nitrogen and oxygen atoms in total. The molecule has 0 aliphatic carbocycles. The second-order valence-electron chi connectivity index (χ2n) is 27.9. The van der Waals surface area contributed by atoms with Crippen LogP contribution in [0.5, 0.6) is 0 Å². The minimum absolute atomic E-state index is 1.29. The third-order valence-corrected chi connectivity index (χ3v) is 32.0. The topological polar surface area (TPSA) is 0 Å². The number of benzene rings is 7. The fourth-order valence-corrected chi connectivity index (χ4v) is 36.1. The molecule has 0 aromatic heterocycles. The van der Waals surface area contributed by atoms with E-state index in [-0.39, 0.29) is 0 Å². The minimum atomic E-state index is -7.22. The summed E-state index contributed by atoms with van der Waals surface area (Å²) in [4.78, 5) is 0. The zero-order chi connectivity index (χ0) is 67.5. The highest BCUT2D eigenvalue weighted by atomic mass is 31.1. The van der Waals surface area contributed by atoms with Crippen LogP contribution >= 0.6 is 7.92 Å². The molecule has 0 unspecified atom stereocenters. The molecule has 476 valence electrons. The Labute approximate surface area is 505 Å². The monoisotopic (exact) mass is 1370 g/mol. The summed E-state index contributed by atoms with van der Waals surface area (Å²) in [6, 6.07) is 22.7. The van der Waals surface area contributed by atoms with Crippen LogP contribution in [-0.2, 0) is 0 Å². The van der Waals surface area contributed by atoms with E-state index in [2.05, 4.69) is 172 Å². The van der Waals surface area contributed by atoms with Gasteiger partial charge in [-0.2, -0.15) is 0 Å². The predicted octanol–water partition coefficient (Wildman–Crippen LogP) is 12.3. The Hall–Kier alpha value is -5.06. The second kappa shape index (κ2) is 24.5. The van der Waals surface area contributed by atoms with Crippen molar-refractivity contribution >= 4 is 131 Å². The first-order valence-electron chi connectivity index (χ1n) is 27.4. The Morgan fingerprint density at radius 2 is 0.364 bits per heavy atom. The van der Waals surface area contributed by atoms with Gasteiger partial charge in [0.1, 0.15) is 68.6 Å². The van der Waals surface area contributed by atoms with Crippen molar-refractivity contribution in [2.24, 2.45) is 0 Å². The smallest absolute Gasteiger partial charge is 0.200 e. The van der Waals surface area contributed by atoms with Crippen molar-refractivity contribution in [2.75, 3.05) is 0 Å². The molecule has 0 radical (unpaired) electrons. The number of hydrogen-bond donors (Lipinski definition) is 0. The standard InChI is InChI=1S/C36H63PSi6.C24BF20/c1-38(2,3)31-25-19-22-28(34(31)41(10,11)12)37(29-23-20-26-32(39(4,5)6)35(29)42(13,14)15)30-24-21-27-33(40(7,8)9)36(30)43(16,17)18;26-5-1(6(27)14(35)21(42)13(5)34)25(2-7(28)15(36)22(43)16(37)8(2)29,3-9(30)17(38)23(44)18(39)10(3)31)4-11(32)19(40)24(45)20(41)12(4)33/h19-27H,1-18H3;/q;-1/p+1. The lowest BCUT2D eigenvalue weighted by molar-refractivity contribution is 0.378. The second-order valence-corrected chi connectivity index (χ2v) is 60.3. The third-order valence-electron chi connectivity index (χ3n) is 15.4. The van der Waals surface area contributed by atoms with Crippen LogP contribution in [0.4, 0.5) is 87.8 Å². The van der Waals surface area contributed by atoms with Crippen molar-refractivity contribution in [1.82, 2.24) is 0 Å². The summed E-state index contributed by atoms with van der Waals surface area (Å²) in [5.41, 5.74) is -14.3. The van der Waals surface area contributed by atoms with Gasteiger partial charge in [0, 0.05) is 0 Å². The summed E-state index contributed by atoms with van der Waals surface area (Å²) in [5, 5.41) is 15.7.